The van der Waals surface area contributed by atoms with Gasteiger partial charge in [0, 0.05) is 0 Å². The second-order valence-electron chi connectivity index (χ2n) is 4.82. The third kappa shape index (κ3) is 3.18. The number of halogens is 2. The zero-order valence-corrected chi connectivity index (χ0v) is 14.4. The molecule has 0 spiro atoms. The summed E-state index contributed by atoms with van der Waals surface area (Å²) in [6.45, 7) is 2.13. The number of H-pyrrole nitrogens is 1. The Balaban J connectivity index is 1.93. The van der Waals surface area contributed by atoms with E-state index in [1.165, 1.54) is 0 Å². The molecule has 0 amide bonds. The monoisotopic (exact) mass is 412 g/mol. The van der Waals surface area contributed by atoms with Gasteiger partial charge in [0.25, 0.3) is 0 Å². The van der Waals surface area contributed by atoms with Gasteiger partial charge in [-0.1, -0.05) is 37.1 Å². The van der Waals surface area contributed by atoms with Crippen molar-refractivity contribution < 1.29 is 0 Å². The van der Waals surface area contributed by atoms with Gasteiger partial charge in [0.15, 0.2) is 0 Å². The van der Waals surface area contributed by atoms with E-state index >= 15 is 0 Å². The molecule has 0 aliphatic carbocycles. The van der Waals surface area contributed by atoms with E-state index < -0.39 is 0 Å². The molecule has 1 aromatic carbocycles. The number of imidazole rings is 1. The van der Waals surface area contributed by atoms with Crippen LogP contribution in [0.1, 0.15) is 30.7 Å². The normalized spacial score (nSPS) is 11.2. The lowest BCUT2D eigenvalue weighted by molar-refractivity contribution is 0.823. The van der Waals surface area contributed by atoms with Gasteiger partial charge >= 0.3 is 0 Å². The molecule has 2 aromatic heterocycles. The minimum absolute atomic E-state index is 0.528. The number of benzene rings is 1. The molecule has 3 rings (SSSR count). The molecule has 3 aromatic rings. The van der Waals surface area contributed by atoms with Crippen LogP contribution in [0, 0.1) is 3.57 Å². The van der Waals surface area contributed by atoms with Gasteiger partial charge in [0.2, 0.25) is 0 Å². The van der Waals surface area contributed by atoms with Crippen LogP contribution in [0.15, 0.2) is 24.3 Å². The smallest absolute Gasteiger partial charge is 0.146 e. The molecular formula is C15H14ClIN4. The SMILES string of the molecule is CCCc1nc(Cc2nc3ccccc3[nH]2)nc(Cl)c1I. The number of aromatic amines is 1. The lowest BCUT2D eigenvalue weighted by atomic mass is 10.2. The molecule has 4 nitrogen and oxygen atoms in total. The van der Waals surface area contributed by atoms with Crippen LogP contribution in [0.25, 0.3) is 11.0 Å². The number of hydrogen-bond donors (Lipinski definition) is 1. The number of aromatic nitrogens is 4. The fraction of sp³-hybridized carbons (Fsp3) is 0.267. The van der Waals surface area contributed by atoms with Crippen LogP contribution >= 0.6 is 34.2 Å². The highest BCUT2D eigenvalue weighted by Gasteiger charge is 2.12. The largest absolute Gasteiger partial charge is 0.342 e. The Morgan fingerprint density at radius 1 is 1.19 bits per heavy atom. The zero-order valence-electron chi connectivity index (χ0n) is 11.5. The molecule has 0 radical (unpaired) electrons. The van der Waals surface area contributed by atoms with Crippen LogP contribution < -0.4 is 0 Å². The van der Waals surface area contributed by atoms with E-state index in [-0.39, 0.29) is 0 Å². The van der Waals surface area contributed by atoms with Crippen LogP contribution in [0.2, 0.25) is 5.15 Å². The van der Waals surface area contributed by atoms with Crippen LogP contribution in [-0.2, 0) is 12.8 Å². The van der Waals surface area contributed by atoms with Gasteiger partial charge in [0.05, 0.1) is 26.7 Å². The number of nitrogens with zero attached hydrogens (tertiary/aromatic N) is 3. The summed E-state index contributed by atoms with van der Waals surface area (Å²) in [5.74, 6) is 1.57. The minimum atomic E-state index is 0.528. The van der Waals surface area contributed by atoms with E-state index in [0.29, 0.717) is 17.4 Å². The average molecular weight is 413 g/mol. The first-order valence-electron chi connectivity index (χ1n) is 6.81. The van der Waals surface area contributed by atoms with Crippen molar-refractivity contribution in [1.82, 2.24) is 19.9 Å². The maximum Gasteiger partial charge on any atom is 0.146 e. The maximum atomic E-state index is 6.21. The van der Waals surface area contributed by atoms with Gasteiger partial charge in [-0.3, -0.25) is 0 Å². The van der Waals surface area contributed by atoms with E-state index in [2.05, 4.69) is 49.5 Å². The Bertz CT molecular complexity index is 751. The first-order chi connectivity index (χ1) is 10.2. The number of para-hydroxylation sites is 2. The molecule has 0 aliphatic heterocycles. The lowest BCUT2D eigenvalue weighted by Gasteiger charge is -2.06. The average Bonchev–Trinajstić information content (AvgIpc) is 2.86. The molecule has 0 atom stereocenters. The summed E-state index contributed by atoms with van der Waals surface area (Å²) < 4.78 is 0.949. The van der Waals surface area contributed by atoms with Crippen molar-refractivity contribution in [2.45, 2.75) is 26.2 Å². The topological polar surface area (TPSA) is 54.5 Å². The predicted octanol–water partition coefficient (Wildman–Crippen LogP) is 4.15. The van der Waals surface area contributed by atoms with Gasteiger partial charge in [0.1, 0.15) is 16.8 Å². The van der Waals surface area contributed by atoms with Gasteiger partial charge in [-0.2, -0.15) is 0 Å². The fourth-order valence-corrected chi connectivity index (χ4v) is 2.95. The highest BCUT2D eigenvalue weighted by Crippen LogP contribution is 2.21. The van der Waals surface area contributed by atoms with Crippen LogP contribution in [0.3, 0.4) is 0 Å². The number of nitrogens with one attached hydrogen (secondary N) is 1. The lowest BCUT2D eigenvalue weighted by Crippen LogP contribution is -2.05. The summed E-state index contributed by atoms with van der Waals surface area (Å²) in [5, 5.41) is 0.528. The molecule has 0 bridgehead atoms. The summed E-state index contributed by atoms with van der Waals surface area (Å²) >= 11 is 8.42. The molecule has 2 heterocycles. The van der Waals surface area contributed by atoms with Gasteiger partial charge in [-0.25, -0.2) is 15.0 Å². The Kier molecular flexibility index (Phi) is 4.40. The third-order valence-electron chi connectivity index (χ3n) is 3.18. The Morgan fingerprint density at radius 3 is 2.76 bits per heavy atom. The quantitative estimate of drug-likeness (QED) is 0.517. The van der Waals surface area contributed by atoms with E-state index in [9.17, 15) is 0 Å². The maximum absolute atomic E-state index is 6.21. The molecule has 0 unspecified atom stereocenters. The number of aryl methyl sites for hydroxylation is 1. The standard InChI is InChI=1S/C15H14ClIN4/c1-2-5-11-14(17)15(16)21-13(20-11)8-12-18-9-6-3-4-7-10(9)19-12/h3-4,6-7H,2,5,8H2,1H3,(H,18,19). The second kappa shape index (κ2) is 6.27. The van der Waals surface area contributed by atoms with Crippen molar-refractivity contribution in [3.8, 4) is 0 Å². The summed E-state index contributed by atoms with van der Waals surface area (Å²) in [6, 6.07) is 7.96. The molecular weight excluding hydrogens is 399 g/mol. The fourth-order valence-electron chi connectivity index (χ4n) is 2.23. The molecule has 0 saturated carbocycles. The summed E-state index contributed by atoms with van der Waals surface area (Å²) in [5.41, 5.74) is 3.00. The molecule has 1 N–H and O–H groups in total. The Labute approximate surface area is 141 Å². The molecule has 0 fully saturated rings. The molecule has 0 aliphatic rings. The molecule has 0 saturated heterocycles. The molecule has 21 heavy (non-hydrogen) atoms. The highest BCUT2D eigenvalue weighted by molar-refractivity contribution is 14.1. The minimum Gasteiger partial charge on any atom is -0.342 e. The van der Waals surface area contributed by atoms with Crippen molar-refractivity contribution in [1.29, 1.82) is 0 Å². The van der Waals surface area contributed by atoms with E-state index in [1.807, 2.05) is 24.3 Å². The van der Waals surface area contributed by atoms with Crippen LogP contribution in [0.4, 0.5) is 0 Å². The summed E-state index contributed by atoms with van der Waals surface area (Å²) in [6.07, 6.45) is 2.50. The van der Waals surface area contributed by atoms with Crippen LogP contribution in [0.5, 0.6) is 0 Å². The summed E-state index contributed by atoms with van der Waals surface area (Å²) in [7, 11) is 0. The third-order valence-corrected chi connectivity index (χ3v) is 4.90. The van der Waals surface area contributed by atoms with Gasteiger partial charge in [-0.05, 0) is 41.1 Å². The number of rotatable bonds is 4. The van der Waals surface area contributed by atoms with Crippen molar-refractivity contribution in [2.24, 2.45) is 0 Å². The number of fused-ring (bicyclic) bond motifs is 1. The Morgan fingerprint density at radius 2 is 2.00 bits per heavy atom. The van der Waals surface area contributed by atoms with Crippen molar-refractivity contribution in [2.75, 3.05) is 0 Å². The Hall–Kier alpha value is -1.21. The van der Waals surface area contributed by atoms with Crippen molar-refractivity contribution >= 4 is 45.2 Å². The molecule has 6 heteroatoms. The van der Waals surface area contributed by atoms with E-state index in [0.717, 1.165) is 39.0 Å². The highest BCUT2D eigenvalue weighted by atomic mass is 127. The number of hydrogen-bond acceptors (Lipinski definition) is 3. The predicted molar refractivity (Wildman–Crippen MR) is 92.7 cm³/mol. The second-order valence-corrected chi connectivity index (χ2v) is 6.26. The van der Waals surface area contributed by atoms with Crippen LogP contribution in [-0.4, -0.2) is 19.9 Å². The first-order valence-corrected chi connectivity index (χ1v) is 8.27. The van der Waals surface area contributed by atoms with Crippen molar-refractivity contribution in [3.63, 3.8) is 0 Å². The zero-order chi connectivity index (χ0) is 14.8. The van der Waals surface area contributed by atoms with E-state index in [4.69, 9.17) is 11.6 Å². The molecule has 108 valence electrons. The first kappa shape index (κ1) is 14.7. The van der Waals surface area contributed by atoms with E-state index in [1.54, 1.807) is 0 Å². The van der Waals surface area contributed by atoms with Gasteiger partial charge < -0.3 is 4.98 Å². The van der Waals surface area contributed by atoms with Gasteiger partial charge in [-0.15, -0.1) is 0 Å². The van der Waals surface area contributed by atoms with Crippen molar-refractivity contribution in [3.05, 3.63) is 50.3 Å². The summed E-state index contributed by atoms with van der Waals surface area (Å²) in [4.78, 5) is 16.8.